The summed E-state index contributed by atoms with van der Waals surface area (Å²) in [6, 6.07) is 4.03. The van der Waals surface area contributed by atoms with E-state index >= 15 is 0 Å². The van der Waals surface area contributed by atoms with Gasteiger partial charge in [-0.2, -0.15) is 10.4 Å². The molecular weight excluding hydrogens is 290 g/mol. The number of aryl methyl sites for hydroxylation is 1. The zero-order chi connectivity index (χ0) is 16.5. The van der Waals surface area contributed by atoms with Gasteiger partial charge in [-0.1, -0.05) is 13.8 Å². The highest BCUT2D eigenvalue weighted by Gasteiger charge is 2.13. The molecule has 0 aliphatic rings. The maximum atomic E-state index is 9.42. The van der Waals surface area contributed by atoms with Gasteiger partial charge in [0.2, 0.25) is 5.95 Å². The first-order valence-electron chi connectivity index (χ1n) is 7.83. The van der Waals surface area contributed by atoms with E-state index in [4.69, 9.17) is 0 Å². The summed E-state index contributed by atoms with van der Waals surface area (Å²) in [6.07, 6.45) is 5.81. The molecule has 0 amide bonds. The standard InChI is InChI=1S/C16H21N7/c1-3-12-13(11-17)15(23-22-14(12)4-2)18-7-5-8-19-16-20-9-6-10-21-16/h6,9-10H,3-5,7-8H2,1-2H3,(H,18,23)(H,19,20,21). The van der Waals surface area contributed by atoms with Crippen LogP contribution >= 0.6 is 0 Å². The Bertz CT molecular complexity index is 664. The Hall–Kier alpha value is -2.75. The van der Waals surface area contributed by atoms with Crippen LogP contribution in [0.3, 0.4) is 0 Å². The van der Waals surface area contributed by atoms with Gasteiger partial charge in [-0.05, 0) is 30.9 Å². The second kappa shape index (κ2) is 8.63. The van der Waals surface area contributed by atoms with E-state index < -0.39 is 0 Å². The fourth-order valence-corrected chi connectivity index (χ4v) is 2.30. The van der Waals surface area contributed by atoms with E-state index in [1.54, 1.807) is 18.5 Å². The Morgan fingerprint density at radius 3 is 2.43 bits per heavy atom. The van der Waals surface area contributed by atoms with E-state index in [0.717, 1.165) is 37.1 Å². The summed E-state index contributed by atoms with van der Waals surface area (Å²) in [7, 11) is 0. The predicted octanol–water partition coefficient (Wildman–Crippen LogP) is 2.18. The first kappa shape index (κ1) is 16.6. The second-order valence-electron chi connectivity index (χ2n) is 4.95. The van der Waals surface area contributed by atoms with Gasteiger partial charge in [0.15, 0.2) is 5.82 Å². The molecule has 0 unspecified atom stereocenters. The lowest BCUT2D eigenvalue weighted by Gasteiger charge is -2.12. The lowest BCUT2D eigenvalue weighted by atomic mass is 10.0. The number of rotatable bonds is 8. The molecule has 0 radical (unpaired) electrons. The van der Waals surface area contributed by atoms with E-state index in [-0.39, 0.29) is 0 Å². The minimum Gasteiger partial charge on any atom is -0.367 e. The Kier molecular flexibility index (Phi) is 6.24. The molecule has 0 spiro atoms. The van der Waals surface area contributed by atoms with Crippen molar-refractivity contribution in [2.45, 2.75) is 33.1 Å². The maximum Gasteiger partial charge on any atom is 0.222 e. The van der Waals surface area contributed by atoms with E-state index in [2.05, 4.69) is 36.9 Å². The molecule has 0 atom stereocenters. The van der Waals surface area contributed by atoms with Crippen molar-refractivity contribution >= 4 is 11.8 Å². The Morgan fingerprint density at radius 2 is 1.78 bits per heavy atom. The van der Waals surface area contributed by atoms with Crippen LogP contribution in [-0.2, 0) is 12.8 Å². The van der Waals surface area contributed by atoms with Crippen molar-refractivity contribution in [3.05, 3.63) is 35.3 Å². The maximum absolute atomic E-state index is 9.42. The van der Waals surface area contributed by atoms with Crippen molar-refractivity contribution in [2.24, 2.45) is 0 Å². The monoisotopic (exact) mass is 311 g/mol. The predicted molar refractivity (Wildman–Crippen MR) is 89.1 cm³/mol. The first-order chi connectivity index (χ1) is 11.3. The minimum absolute atomic E-state index is 0.567. The van der Waals surface area contributed by atoms with Gasteiger partial charge in [0.05, 0.1) is 5.69 Å². The molecule has 0 aliphatic heterocycles. The van der Waals surface area contributed by atoms with Crippen LogP contribution in [0.25, 0.3) is 0 Å². The number of nitriles is 1. The number of hydrogen-bond acceptors (Lipinski definition) is 7. The molecule has 2 rings (SSSR count). The number of nitrogens with one attached hydrogen (secondary N) is 2. The van der Waals surface area contributed by atoms with Crippen LogP contribution in [0, 0.1) is 11.3 Å². The summed E-state index contributed by atoms with van der Waals surface area (Å²) in [6.45, 7) is 5.48. The molecule has 2 aromatic rings. The van der Waals surface area contributed by atoms with E-state index in [1.165, 1.54) is 0 Å². The fraction of sp³-hybridized carbons (Fsp3) is 0.438. The van der Waals surface area contributed by atoms with Crippen LogP contribution in [0.5, 0.6) is 0 Å². The third-order valence-corrected chi connectivity index (χ3v) is 3.45. The van der Waals surface area contributed by atoms with Gasteiger partial charge in [0.1, 0.15) is 11.6 Å². The van der Waals surface area contributed by atoms with Gasteiger partial charge < -0.3 is 10.6 Å². The molecule has 2 aromatic heterocycles. The lowest BCUT2D eigenvalue weighted by molar-refractivity contribution is 0.850. The molecule has 23 heavy (non-hydrogen) atoms. The molecule has 7 heteroatoms. The van der Waals surface area contributed by atoms with Crippen molar-refractivity contribution in [1.29, 1.82) is 5.26 Å². The van der Waals surface area contributed by atoms with Gasteiger partial charge in [0.25, 0.3) is 0 Å². The second-order valence-corrected chi connectivity index (χ2v) is 4.95. The van der Waals surface area contributed by atoms with Crippen molar-refractivity contribution in [3.63, 3.8) is 0 Å². The molecule has 120 valence electrons. The topological polar surface area (TPSA) is 99.4 Å². The lowest BCUT2D eigenvalue weighted by Crippen LogP contribution is -2.14. The van der Waals surface area contributed by atoms with Gasteiger partial charge in [-0.3, -0.25) is 0 Å². The van der Waals surface area contributed by atoms with Crippen molar-refractivity contribution < 1.29 is 0 Å². The Balaban J connectivity index is 1.89. The summed E-state index contributed by atoms with van der Waals surface area (Å²) in [5.74, 6) is 1.18. The first-order valence-corrected chi connectivity index (χ1v) is 7.83. The molecule has 7 nitrogen and oxygen atoms in total. The zero-order valence-corrected chi connectivity index (χ0v) is 13.5. The highest BCUT2D eigenvalue weighted by molar-refractivity contribution is 5.56. The van der Waals surface area contributed by atoms with Crippen LogP contribution in [0.1, 0.15) is 37.1 Å². The Labute approximate surface area is 136 Å². The van der Waals surface area contributed by atoms with E-state index in [1.807, 2.05) is 13.8 Å². The average Bonchev–Trinajstić information content (AvgIpc) is 2.61. The highest BCUT2D eigenvalue weighted by atomic mass is 15.2. The smallest absolute Gasteiger partial charge is 0.222 e. The van der Waals surface area contributed by atoms with Crippen LogP contribution in [0.4, 0.5) is 11.8 Å². The molecule has 2 N–H and O–H groups in total. The molecule has 0 aliphatic carbocycles. The highest BCUT2D eigenvalue weighted by Crippen LogP contribution is 2.19. The average molecular weight is 311 g/mol. The molecule has 0 fully saturated rings. The summed E-state index contributed by atoms with van der Waals surface area (Å²) in [5.41, 5.74) is 2.50. The SMILES string of the molecule is CCc1nnc(NCCCNc2ncccn2)c(C#N)c1CC. The minimum atomic E-state index is 0.567. The Morgan fingerprint density at radius 1 is 1.04 bits per heavy atom. The third kappa shape index (κ3) is 4.36. The quantitative estimate of drug-likeness (QED) is 0.721. The molecular formula is C16H21N7. The zero-order valence-electron chi connectivity index (χ0n) is 13.5. The summed E-state index contributed by atoms with van der Waals surface area (Å²) in [4.78, 5) is 8.19. The molecule has 0 saturated heterocycles. The normalized spacial score (nSPS) is 10.1. The molecule has 0 bridgehead atoms. The van der Waals surface area contributed by atoms with Gasteiger partial charge in [-0.15, -0.1) is 5.10 Å². The van der Waals surface area contributed by atoms with Crippen LogP contribution in [0.2, 0.25) is 0 Å². The number of anilines is 2. The summed E-state index contributed by atoms with van der Waals surface area (Å²) in [5, 5.41) is 24.1. The van der Waals surface area contributed by atoms with Crippen LogP contribution in [0.15, 0.2) is 18.5 Å². The molecule has 0 aromatic carbocycles. The molecule has 2 heterocycles. The third-order valence-electron chi connectivity index (χ3n) is 3.45. The largest absolute Gasteiger partial charge is 0.367 e. The number of hydrogen-bond donors (Lipinski definition) is 2. The fourth-order valence-electron chi connectivity index (χ4n) is 2.30. The van der Waals surface area contributed by atoms with Crippen molar-refractivity contribution in [1.82, 2.24) is 20.2 Å². The summed E-state index contributed by atoms with van der Waals surface area (Å²) < 4.78 is 0. The summed E-state index contributed by atoms with van der Waals surface area (Å²) >= 11 is 0. The number of aromatic nitrogens is 4. The molecule has 0 saturated carbocycles. The van der Waals surface area contributed by atoms with Crippen LogP contribution < -0.4 is 10.6 Å². The number of nitrogens with zero attached hydrogens (tertiary/aromatic N) is 5. The van der Waals surface area contributed by atoms with Gasteiger partial charge in [-0.25, -0.2) is 9.97 Å². The van der Waals surface area contributed by atoms with E-state index in [0.29, 0.717) is 23.9 Å². The van der Waals surface area contributed by atoms with Gasteiger partial charge in [0, 0.05) is 25.5 Å². The van der Waals surface area contributed by atoms with Gasteiger partial charge >= 0.3 is 0 Å². The van der Waals surface area contributed by atoms with Crippen molar-refractivity contribution in [3.8, 4) is 6.07 Å². The van der Waals surface area contributed by atoms with Crippen molar-refractivity contribution in [2.75, 3.05) is 23.7 Å². The van der Waals surface area contributed by atoms with E-state index in [9.17, 15) is 5.26 Å². The van der Waals surface area contributed by atoms with Crippen LogP contribution in [-0.4, -0.2) is 33.3 Å².